The lowest BCUT2D eigenvalue weighted by molar-refractivity contribution is -0.129. The van der Waals surface area contributed by atoms with E-state index >= 15 is 0 Å². The predicted octanol–water partition coefficient (Wildman–Crippen LogP) is 1.11. The Bertz CT molecular complexity index is 233. The Morgan fingerprint density at radius 1 is 1.12 bits per heavy atom. The van der Waals surface area contributed by atoms with Gasteiger partial charge in [-0.25, -0.2) is 4.57 Å². The minimum absolute atomic E-state index is 0.0218. The average Bonchev–Trinajstić information content (AvgIpc) is 2.29. The van der Waals surface area contributed by atoms with Crippen molar-refractivity contribution in [3.63, 3.8) is 0 Å². The van der Waals surface area contributed by atoms with Gasteiger partial charge in [0.05, 0.1) is 19.8 Å². The predicted molar refractivity (Wildman–Crippen MR) is 59.5 cm³/mol. The average molecular weight is 270 g/mol. The Morgan fingerprint density at radius 2 is 1.76 bits per heavy atom. The van der Waals surface area contributed by atoms with Crippen molar-refractivity contribution in [3.8, 4) is 0 Å². The quantitative estimate of drug-likeness (QED) is 0.322. The summed E-state index contributed by atoms with van der Waals surface area (Å²) in [7, 11) is -4.06. The standard InChI is InChI=1S/C9H19O7P/c1-2-3-4-13-5-7-15-17(11,12)16-8-6-14-9-10/h9H,2-8H2,1H3,(H,11,12). The highest BCUT2D eigenvalue weighted by molar-refractivity contribution is 7.47. The van der Waals surface area contributed by atoms with Crippen LogP contribution >= 0.6 is 7.82 Å². The zero-order valence-electron chi connectivity index (χ0n) is 9.87. The molecule has 1 N–H and O–H groups in total. The molecule has 0 bridgehead atoms. The highest BCUT2D eigenvalue weighted by atomic mass is 31.2. The van der Waals surface area contributed by atoms with E-state index in [2.05, 4.69) is 13.8 Å². The molecule has 0 saturated heterocycles. The van der Waals surface area contributed by atoms with Crippen LogP contribution in [0.25, 0.3) is 0 Å². The molecular formula is C9H19O7P. The molecule has 0 saturated carbocycles. The van der Waals surface area contributed by atoms with Crippen LogP contribution < -0.4 is 0 Å². The van der Waals surface area contributed by atoms with Gasteiger partial charge in [-0.3, -0.25) is 13.8 Å². The molecule has 0 aromatic carbocycles. The molecule has 7 nitrogen and oxygen atoms in total. The van der Waals surface area contributed by atoms with Gasteiger partial charge in [-0.1, -0.05) is 13.3 Å². The third-order valence-electron chi connectivity index (χ3n) is 1.65. The maximum atomic E-state index is 11.2. The summed E-state index contributed by atoms with van der Waals surface area (Å²) in [6.07, 6.45) is 1.97. The third-order valence-corrected chi connectivity index (χ3v) is 2.67. The van der Waals surface area contributed by atoms with Crippen LogP contribution in [-0.2, 0) is 27.9 Å². The zero-order chi connectivity index (χ0) is 13.0. The molecule has 1 atom stereocenters. The van der Waals surface area contributed by atoms with Gasteiger partial charge < -0.3 is 14.4 Å². The first-order valence-corrected chi connectivity index (χ1v) is 6.87. The second-order valence-electron chi connectivity index (χ2n) is 3.07. The smallest absolute Gasteiger partial charge is 0.465 e. The molecule has 17 heavy (non-hydrogen) atoms. The number of carbonyl (C=O) groups excluding carboxylic acids is 1. The molecule has 0 aliphatic rings. The molecule has 0 heterocycles. The van der Waals surface area contributed by atoms with E-state index in [4.69, 9.17) is 9.63 Å². The number of rotatable bonds is 12. The second kappa shape index (κ2) is 10.7. The lowest BCUT2D eigenvalue weighted by Crippen LogP contribution is -2.07. The van der Waals surface area contributed by atoms with Crippen LogP contribution in [0.2, 0.25) is 0 Å². The van der Waals surface area contributed by atoms with Gasteiger partial charge in [0.15, 0.2) is 0 Å². The maximum absolute atomic E-state index is 11.2. The molecule has 0 aliphatic carbocycles. The van der Waals surface area contributed by atoms with E-state index in [9.17, 15) is 9.36 Å². The van der Waals surface area contributed by atoms with Gasteiger partial charge in [0.2, 0.25) is 0 Å². The molecule has 0 amide bonds. The Kier molecular flexibility index (Phi) is 10.4. The van der Waals surface area contributed by atoms with Crippen molar-refractivity contribution < 1.29 is 32.8 Å². The molecule has 0 aromatic heterocycles. The minimum Gasteiger partial charge on any atom is -0.465 e. The van der Waals surface area contributed by atoms with Crippen molar-refractivity contribution in [2.45, 2.75) is 19.8 Å². The molecule has 1 unspecified atom stereocenters. The molecule has 0 spiro atoms. The summed E-state index contributed by atoms with van der Waals surface area (Å²) < 4.78 is 29.7. The van der Waals surface area contributed by atoms with Gasteiger partial charge in [0.1, 0.15) is 6.61 Å². The lowest BCUT2D eigenvalue weighted by atomic mass is 10.4. The summed E-state index contributed by atoms with van der Waals surface area (Å²) in [5, 5.41) is 0. The fourth-order valence-electron chi connectivity index (χ4n) is 0.846. The highest BCUT2D eigenvalue weighted by Gasteiger charge is 2.20. The SMILES string of the molecule is CCCCOCCOP(=O)(O)OCCOC=O. The third kappa shape index (κ3) is 11.8. The number of hydrogen-bond acceptors (Lipinski definition) is 6. The van der Waals surface area contributed by atoms with E-state index in [-0.39, 0.29) is 32.9 Å². The van der Waals surface area contributed by atoms with E-state index in [1.54, 1.807) is 0 Å². The van der Waals surface area contributed by atoms with Gasteiger partial charge in [-0.05, 0) is 6.42 Å². The van der Waals surface area contributed by atoms with Crippen molar-refractivity contribution in [1.29, 1.82) is 0 Å². The highest BCUT2D eigenvalue weighted by Crippen LogP contribution is 2.42. The summed E-state index contributed by atoms with van der Waals surface area (Å²) in [6, 6.07) is 0. The molecule has 0 radical (unpaired) electrons. The fourth-order valence-corrected chi connectivity index (χ4v) is 1.53. The first kappa shape index (κ1) is 16.5. The van der Waals surface area contributed by atoms with E-state index in [1.165, 1.54) is 0 Å². The fraction of sp³-hybridized carbons (Fsp3) is 0.889. The molecule has 0 aromatic rings. The summed E-state index contributed by atoms with van der Waals surface area (Å²) >= 11 is 0. The monoisotopic (exact) mass is 270 g/mol. The summed E-state index contributed by atoms with van der Waals surface area (Å²) in [5.74, 6) is 0. The summed E-state index contributed by atoms with van der Waals surface area (Å²) in [6.45, 7) is 2.80. The molecule has 102 valence electrons. The van der Waals surface area contributed by atoms with Gasteiger partial charge in [0.25, 0.3) is 6.47 Å². The van der Waals surface area contributed by atoms with Crippen LogP contribution in [0.15, 0.2) is 0 Å². The number of ether oxygens (including phenoxy) is 2. The van der Waals surface area contributed by atoms with Crippen LogP contribution in [-0.4, -0.2) is 44.4 Å². The number of carbonyl (C=O) groups is 1. The normalized spacial score (nSPS) is 14.2. The summed E-state index contributed by atoms with van der Waals surface area (Å²) in [5.41, 5.74) is 0. The summed E-state index contributed by atoms with van der Waals surface area (Å²) in [4.78, 5) is 18.9. The lowest BCUT2D eigenvalue weighted by Gasteiger charge is -2.11. The number of phosphoric acid groups is 1. The van der Waals surface area contributed by atoms with Crippen molar-refractivity contribution >= 4 is 14.3 Å². The zero-order valence-corrected chi connectivity index (χ0v) is 10.8. The van der Waals surface area contributed by atoms with Crippen molar-refractivity contribution in [2.75, 3.05) is 33.0 Å². The van der Waals surface area contributed by atoms with Crippen LogP contribution in [0.3, 0.4) is 0 Å². The molecule has 0 rings (SSSR count). The van der Waals surface area contributed by atoms with Crippen LogP contribution in [0.5, 0.6) is 0 Å². The largest absolute Gasteiger partial charge is 0.472 e. The molecule has 8 heteroatoms. The van der Waals surface area contributed by atoms with Gasteiger partial charge in [-0.15, -0.1) is 0 Å². The topological polar surface area (TPSA) is 91.3 Å². The van der Waals surface area contributed by atoms with E-state index in [1.807, 2.05) is 6.92 Å². The van der Waals surface area contributed by atoms with Crippen LogP contribution in [0.4, 0.5) is 0 Å². The first-order valence-electron chi connectivity index (χ1n) is 5.37. The van der Waals surface area contributed by atoms with Crippen LogP contribution in [0, 0.1) is 0 Å². The molecule has 0 aliphatic heterocycles. The Balaban J connectivity index is 3.43. The van der Waals surface area contributed by atoms with Gasteiger partial charge in [-0.2, -0.15) is 0 Å². The van der Waals surface area contributed by atoms with Gasteiger partial charge >= 0.3 is 7.82 Å². The Morgan fingerprint density at radius 3 is 2.35 bits per heavy atom. The minimum atomic E-state index is -4.06. The molecular weight excluding hydrogens is 251 g/mol. The van der Waals surface area contributed by atoms with Crippen molar-refractivity contribution in [3.05, 3.63) is 0 Å². The Hall–Kier alpha value is -0.460. The number of unbranched alkanes of at least 4 members (excludes halogenated alkanes) is 1. The maximum Gasteiger partial charge on any atom is 0.472 e. The number of hydrogen-bond donors (Lipinski definition) is 1. The second-order valence-corrected chi connectivity index (χ2v) is 4.52. The van der Waals surface area contributed by atoms with E-state index < -0.39 is 7.82 Å². The number of phosphoric ester groups is 1. The van der Waals surface area contributed by atoms with E-state index in [0.717, 1.165) is 12.8 Å². The van der Waals surface area contributed by atoms with Gasteiger partial charge in [0, 0.05) is 6.61 Å². The molecule has 0 fully saturated rings. The van der Waals surface area contributed by atoms with Crippen molar-refractivity contribution in [2.24, 2.45) is 0 Å². The van der Waals surface area contributed by atoms with Crippen LogP contribution in [0.1, 0.15) is 19.8 Å². The Labute approximate surface area is 101 Å². The van der Waals surface area contributed by atoms with Crippen molar-refractivity contribution in [1.82, 2.24) is 0 Å². The first-order chi connectivity index (χ1) is 8.12. The van der Waals surface area contributed by atoms with E-state index in [0.29, 0.717) is 6.61 Å².